The summed E-state index contributed by atoms with van der Waals surface area (Å²) in [5.74, 6) is 1.09. The molecule has 180 valence electrons. The molecule has 0 aliphatic heterocycles. The van der Waals surface area contributed by atoms with Gasteiger partial charge in [-0.15, -0.1) is 0 Å². The Morgan fingerprint density at radius 3 is 2.35 bits per heavy atom. The Bertz CT molecular complexity index is 1300. The Labute approximate surface area is 200 Å². The fourth-order valence-corrected chi connectivity index (χ4v) is 4.08. The van der Waals surface area contributed by atoms with Gasteiger partial charge >= 0.3 is 0 Å². The fourth-order valence-electron chi connectivity index (χ4n) is 3.69. The van der Waals surface area contributed by atoms with Gasteiger partial charge < -0.3 is 9.47 Å². The van der Waals surface area contributed by atoms with E-state index >= 15 is 0 Å². The van der Waals surface area contributed by atoms with Crippen molar-refractivity contribution >= 4 is 32.9 Å². The molecule has 0 amide bonds. The van der Waals surface area contributed by atoms with Gasteiger partial charge in [0, 0.05) is 30.8 Å². The minimum absolute atomic E-state index is 0.0302. The number of nitrogens with zero attached hydrogens (tertiary/aromatic N) is 3. The first kappa shape index (κ1) is 25.3. The monoisotopic (exact) mass is 483 g/mol. The van der Waals surface area contributed by atoms with Crippen molar-refractivity contribution in [2.75, 3.05) is 34.1 Å². The maximum absolute atomic E-state index is 11.5. The molecule has 0 saturated carbocycles. The molecule has 0 N–H and O–H groups in total. The number of aliphatic imine (C=N–C) groups is 1. The van der Waals surface area contributed by atoms with E-state index in [0.29, 0.717) is 17.9 Å². The summed E-state index contributed by atoms with van der Waals surface area (Å²) in [6.45, 7) is 1.95. The van der Waals surface area contributed by atoms with Crippen LogP contribution in [0.1, 0.15) is 36.1 Å². The maximum Gasteiger partial charge on any atom is 0.264 e. The van der Waals surface area contributed by atoms with Crippen LogP contribution in [0.3, 0.4) is 0 Å². The Morgan fingerprint density at radius 2 is 1.76 bits per heavy atom. The van der Waals surface area contributed by atoms with E-state index in [2.05, 4.69) is 9.98 Å². The summed E-state index contributed by atoms with van der Waals surface area (Å²) in [7, 11) is 1.33. The van der Waals surface area contributed by atoms with Crippen molar-refractivity contribution in [1.82, 2.24) is 9.97 Å². The molecule has 1 aromatic heterocycles. The predicted molar refractivity (Wildman–Crippen MR) is 134 cm³/mol. The first-order valence-electron chi connectivity index (χ1n) is 10.7. The number of benzene rings is 2. The summed E-state index contributed by atoms with van der Waals surface area (Å²) >= 11 is 0. The highest BCUT2D eigenvalue weighted by molar-refractivity contribution is 7.85. The molecule has 0 aliphatic rings. The molecule has 0 radical (unpaired) electrons. The lowest BCUT2D eigenvalue weighted by Gasteiger charge is -2.20. The van der Waals surface area contributed by atoms with Gasteiger partial charge in [-0.25, -0.2) is 4.98 Å². The number of hydrogen-bond acceptors (Lipinski definition) is 8. The second-order valence-corrected chi connectivity index (χ2v) is 9.29. The summed E-state index contributed by atoms with van der Waals surface area (Å²) in [6, 6.07) is 11.5. The number of hydrogen-bond donors (Lipinski definition) is 0. The lowest BCUT2D eigenvalue weighted by molar-refractivity contribution is 0.308. The van der Waals surface area contributed by atoms with E-state index in [-0.39, 0.29) is 12.5 Å². The number of aromatic nitrogens is 2. The summed E-state index contributed by atoms with van der Waals surface area (Å²) < 4.78 is 39.0. The molecule has 3 rings (SSSR count). The zero-order valence-corrected chi connectivity index (χ0v) is 20.8. The average Bonchev–Trinajstić information content (AvgIpc) is 2.83. The van der Waals surface area contributed by atoms with Gasteiger partial charge in [0.1, 0.15) is 11.5 Å². The van der Waals surface area contributed by atoms with Crippen LogP contribution in [0.5, 0.6) is 11.5 Å². The van der Waals surface area contributed by atoms with E-state index in [1.807, 2.05) is 43.3 Å². The molecule has 0 spiro atoms. The summed E-state index contributed by atoms with van der Waals surface area (Å²) in [5, 5.41) is 0. The third-order valence-corrected chi connectivity index (χ3v) is 5.92. The molecule has 0 aliphatic carbocycles. The largest absolute Gasteiger partial charge is 0.497 e. The summed E-state index contributed by atoms with van der Waals surface area (Å²) in [5.41, 5.74) is 4.92. The zero-order chi connectivity index (χ0) is 24.7. The molecule has 1 atom stereocenters. The number of fused-ring (bicyclic) bond motifs is 1. The molecule has 2 aromatic carbocycles. The van der Waals surface area contributed by atoms with Gasteiger partial charge in [-0.2, -0.15) is 8.42 Å². The highest BCUT2D eigenvalue weighted by Crippen LogP contribution is 2.35. The lowest BCUT2D eigenvalue weighted by atomic mass is 9.88. The van der Waals surface area contributed by atoms with Crippen molar-refractivity contribution < 1.29 is 22.1 Å². The molecule has 0 saturated heterocycles. The first-order valence-corrected chi connectivity index (χ1v) is 12.5. The second-order valence-electron chi connectivity index (χ2n) is 7.65. The van der Waals surface area contributed by atoms with Gasteiger partial charge in [0.2, 0.25) is 0 Å². The van der Waals surface area contributed by atoms with Gasteiger partial charge in [0.25, 0.3) is 10.1 Å². The number of allylic oxidation sites excluding steroid dienone is 2. The molecule has 1 heterocycles. The van der Waals surface area contributed by atoms with Crippen molar-refractivity contribution in [1.29, 1.82) is 0 Å². The molecule has 0 bridgehead atoms. The highest BCUT2D eigenvalue weighted by Gasteiger charge is 2.19. The topological polar surface area (TPSA) is 100.0 Å². The normalized spacial score (nSPS) is 13.4. The predicted octanol–water partition coefficient (Wildman–Crippen LogP) is 4.25. The third kappa shape index (κ3) is 6.39. The summed E-state index contributed by atoms with van der Waals surface area (Å²) in [6.07, 6.45) is 6.87. The number of methoxy groups -OCH3 is 2. The van der Waals surface area contributed by atoms with Crippen molar-refractivity contribution in [2.24, 2.45) is 4.99 Å². The minimum Gasteiger partial charge on any atom is -0.497 e. The smallest absolute Gasteiger partial charge is 0.264 e. The fraction of sp³-hybridized carbons (Fsp3) is 0.320. The van der Waals surface area contributed by atoms with Crippen LogP contribution in [0.15, 0.2) is 53.7 Å². The van der Waals surface area contributed by atoms with Crippen LogP contribution in [-0.4, -0.2) is 58.7 Å². The zero-order valence-electron chi connectivity index (χ0n) is 20.0. The Hall–Kier alpha value is -3.30. The van der Waals surface area contributed by atoms with E-state index in [1.165, 1.54) is 0 Å². The Morgan fingerprint density at radius 1 is 1.06 bits per heavy atom. The van der Waals surface area contributed by atoms with Crippen LogP contribution < -0.4 is 9.47 Å². The third-order valence-electron chi connectivity index (χ3n) is 5.32. The lowest BCUT2D eigenvalue weighted by Crippen LogP contribution is -2.10. The molecular formula is C25H29N3O5S. The molecule has 3 aromatic rings. The molecular weight excluding hydrogens is 454 g/mol. The minimum atomic E-state index is -3.56. The van der Waals surface area contributed by atoms with Gasteiger partial charge in [0.05, 0.1) is 50.0 Å². The van der Waals surface area contributed by atoms with Crippen LogP contribution >= 0.6 is 0 Å². The summed E-state index contributed by atoms with van der Waals surface area (Å²) in [4.78, 5) is 13.4. The van der Waals surface area contributed by atoms with Crippen LogP contribution in [0, 0.1) is 0 Å². The van der Waals surface area contributed by atoms with Gasteiger partial charge in [-0.05, 0) is 48.7 Å². The number of ether oxygens (including phenoxy) is 2. The van der Waals surface area contributed by atoms with Crippen molar-refractivity contribution in [3.05, 3.63) is 65.5 Å². The van der Waals surface area contributed by atoms with Gasteiger partial charge in [0.15, 0.2) is 0 Å². The van der Waals surface area contributed by atoms with Crippen LogP contribution in [0.4, 0.5) is 0 Å². The van der Waals surface area contributed by atoms with E-state index in [0.717, 1.165) is 39.7 Å². The molecule has 34 heavy (non-hydrogen) atoms. The highest BCUT2D eigenvalue weighted by atomic mass is 32.2. The maximum atomic E-state index is 11.5. The van der Waals surface area contributed by atoms with Crippen molar-refractivity contribution in [2.45, 2.75) is 19.3 Å². The molecule has 8 nitrogen and oxygen atoms in total. The van der Waals surface area contributed by atoms with E-state index in [4.69, 9.17) is 18.6 Å². The Kier molecular flexibility index (Phi) is 8.36. The van der Waals surface area contributed by atoms with Crippen molar-refractivity contribution in [3.63, 3.8) is 0 Å². The SMILES string of the molecule is C/C=C(\C=NC)c1cnc2ccc(C(CCOS(C)(=O)=O)c3cc(OC)cc(OC)c3)cc2n1. The average molecular weight is 484 g/mol. The van der Waals surface area contributed by atoms with E-state index < -0.39 is 10.1 Å². The quantitative estimate of drug-likeness (QED) is 0.314. The standard InChI is InChI=1S/C25H29N3O5S/c1-6-17(15-26-2)25-16-27-23-8-7-18(13-24(23)28-25)22(9-10-33-34(5,29)30)19-11-20(31-3)14-21(12-19)32-4/h6-8,11-16,22H,9-10H2,1-5H3/b17-6+,26-15?. The van der Waals surface area contributed by atoms with Gasteiger partial charge in [-0.3, -0.25) is 14.2 Å². The van der Waals surface area contributed by atoms with Crippen LogP contribution in [0.25, 0.3) is 16.6 Å². The van der Waals surface area contributed by atoms with Gasteiger partial charge in [-0.1, -0.05) is 12.1 Å². The molecule has 0 fully saturated rings. The van der Waals surface area contributed by atoms with Crippen molar-refractivity contribution in [3.8, 4) is 11.5 Å². The van der Waals surface area contributed by atoms with Crippen LogP contribution in [-0.2, 0) is 14.3 Å². The Balaban J connectivity index is 2.09. The van der Waals surface area contributed by atoms with E-state index in [9.17, 15) is 8.42 Å². The van der Waals surface area contributed by atoms with E-state index in [1.54, 1.807) is 39.7 Å². The van der Waals surface area contributed by atoms with Crippen LogP contribution in [0.2, 0.25) is 0 Å². The first-order chi connectivity index (χ1) is 16.3. The number of rotatable bonds is 10. The molecule has 1 unspecified atom stereocenters. The molecule has 9 heteroatoms. The second kappa shape index (κ2) is 11.2.